The lowest BCUT2D eigenvalue weighted by molar-refractivity contribution is -0.146. The minimum Gasteiger partial charge on any atom is -0.330 e. The van der Waals surface area contributed by atoms with Crippen LogP contribution in [-0.4, -0.2) is 16.1 Å². The average Bonchev–Trinajstić information content (AvgIpc) is 2.56. The van der Waals surface area contributed by atoms with Crippen molar-refractivity contribution in [3.63, 3.8) is 0 Å². The molecule has 96 valence electrons. The Morgan fingerprint density at radius 3 is 2.76 bits per heavy atom. The van der Waals surface area contributed by atoms with Crippen LogP contribution in [0.1, 0.15) is 30.1 Å². The van der Waals surface area contributed by atoms with E-state index >= 15 is 0 Å². The first kappa shape index (κ1) is 12.4. The molecule has 0 fully saturated rings. The summed E-state index contributed by atoms with van der Waals surface area (Å²) >= 11 is 0. The molecule has 2 N–H and O–H groups in total. The number of nitrogens with two attached hydrogens (primary N) is 1. The van der Waals surface area contributed by atoms with Gasteiger partial charge in [0, 0.05) is 12.7 Å². The first-order valence-corrected chi connectivity index (χ1v) is 5.75. The molecule has 17 heavy (non-hydrogen) atoms. The van der Waals surface area contributed by atoms with Crippen LogP contribution in [0.3, 0.4) is 0 Å². The molecular weight excluding hydrogens is 231 g/mol. The summed E-state index contributed by atoms with van der Waals surface area (Å²) in [6.07, 6.45) is -1.32. The van der Waals surface area contributed by atoms with Crippen molar-refractivity contribution in [2.45, 2.75) is 31.9 Å². The lowest BCUT2D eigenvalue weighted by Crippen LogP contribution is -2.19. The molecule has 1 heterocycles. The summed E-state index contributed by atoms with van der Waals surface area (Å²) in [7, 11) is 1.44. The van der Waals surface area contributed by atoms with Gasteiger partial charge in [-0.05, 0) is 38.1 Å². The van der Waals surface area contributed by atoms with Crippen molar-refractivity contribution in [1.29, 1.82) is 0 Å². The van der Waals surface area contributed by atoms with E-state index in [4.69, 9.17) is 5.73 Å². The van der Waals surface area contributed by atoms with Crippen LogP contribution in [0.25, 0.3) is 0 Å². The van der Waals surface area contributed by atoms with Crippen LogP contribution in [0.4, 0.5) is 13.2 Å². The molecular formula is C11H16F3N3. The maximum atomic E-state index is 12.7. The number of alkyl halides is 3. The van der Waals surface area contributed by atoms with Gasteiger partial charge >= 0.3 is 6.18 Å². The van der Waals surface area contributed by atoms with Crippen LogP contribution >= 0.6 is 0 Å². The molecule has 2 rings (SSSR count). The van der Waals surface area contributed by atoms with Gasteiger partial charge in [-0.25, -0.2) is 4.98 Å². The molecule has 1 aliphatic carbocycles. The molecule has 0 amide bonds. The number of aryl methyl sites for hydroxylation is 1. The van der Waals surface area contributed by atoms with Gasteiger partial charge in [0.05, 0.1) is 5.69 Å². The van der Waals surface area contributed by atoms with Crippen molar-refractivity contribution < 1.29 is 13.2 Å². The Bertz CT molecular complexity index is 409. The summed E-state index contributed by atoms with van der Waals surface area (Å²) in [6, 6.07) is 0. The molecule has 1 aromatic rings. The largest absolute Gasteiger partial charge is 0.449 e. The fourth-order valence-corrected chi connectivity index (χ4v) is 2.50. The number of rotatable bonds is 2. The normalized spacial score (nSPS) is 20.4. The summed E-state index contributed by atoms with van der Waals surface area (Å²) in [5, 5.41) is 0. The topological polar surface area (TPSA) is 43.8 Å². The molecule has 1 aromatic heterocycles. The smallest absolute Gasteiger partial charge is 0.330 e. The second kappa shape index (κ2) is 4.33. The van der Waals surface area contributed by atoms with E-state index in [-0.39, 0.29) is 0 Å². The van der Waals surface area contributed by atoms with Crippen molar-refractivity contribution in [3.05, 3.63) is 17.2 Å². The molecule has 0 aliphatic heterocycles. The number of nitrogens with zero attached hydrogens (tertiary/aromatic N) is 2. The van der Waals surface area contributed by atoms with Gasteiger partial charge in [0.2, 0.25) is 5.82 Å². The molecule has 0 radical (unpaired) electrons. The van der Waals surface area contributed by atoms with Crippen molar-refractivity contribution in [2.24, 2.45) is 18.7 Å². The molecule has 6 heteroatoms. The van der Waals surface area contributed by atoms with Crippen molar-refractivity contribution in [3.8, 4) is 0 Å². The molecule has 1 aliphatic rings. The molecule has 0 spiro atoms. The Balaban J connectivity index is 2.29. The van der Waals surface area contributed by atoms with E-state index in [9.17, 15) is 13.2 Å². The molecule has 1 atom stereocenters. The number of imidazole rings is 1. The lowest BCUT2D eigenvalue weighted by atomic mass is 9.87. The predicted octanol–water partition coefficient (Wildman–Crippen LogP) is 1.89. The second-order valence-corrected chi connectivity index (χ2v) is 4.57. The quantitative estimate of drug-likeness (QED) is 0.867. The third kappa shape index (κ3) is 2.31. The van der Waals surface area contributed by atoms with Crippen molar-refractivity contribution >= 4 is 0 Å². The summed E-state index contributed by atoms with van der Waals surface area (Å²) in [4.78, 5) is 3.72. The van der Waals surface area contributed by atoms with E-state index in [1.54, 1.807) is 0 Å². The summed E-state index contributed by atoms with van der Waals surface area (Å²) in [6.45, 7) is 0.587. The van der Waals surface area contributed by atoms with Gasteiger partial charge < -0.3 is 10.3 Å². The van der Waals surface area contributed by atoms with E-state index in [2.05, 4.69) is 4.98 Å². The SMILES string of the molecule is Cn1c(C(F)(F)F)nc2c1CC(CCN)CC2. The van der Waals surface area contributed by atoms with Crippen LogP contribution < -0.4 is 5.73 Å². The fourth-order valence-electron chi connectivity index (χ4n) is 2.50. The fraction of sp³-hybridized carbons (Fsp3) is 0.727. The van der Waals surface area contributed by atoms with E-state index in [0.29, 0.717) is 31.0 Å². The van der Waals surface area contributed by atoms with Gasteiger partial charge in [0.1, 0.15) is 0 Å². The molecule has 0 bridgehead atoms. The number of aromatic nitrogens is 2. The lowest BCUT2D eigenvalue weighted by Gasteiger charge is -2.21. The molecule has 3 nitrogen and oxygen atoms in total. The second-order valence-electron chi connectivity index (χ2n) is 4.57. The predicted molar refractivity (Wildman–Crippen MR) is 57.4 cm³/mol. The highest BCUT2D eigenvalue weighted by Crippen LogP contribution is 2.33. The number of hydrogen-bond acceptors (Lipinski definition) is 2. The van der Waals surface area contributed by atoms with E-state index in [1.807, 2.05) is 0 Å². The van der Waals surface area contributed by atoms with Gasteiger partial charge in [0.25, 0.3) is 0 Å². The minimum absolute atomic E-state index is 0.393. The standard InChI is InChI=1S/C11H16F3N3/c1-17-9-6-7(4-5-15)2-3-8(9)16-10(17)11(12,13)14/h7H,2-6,15H2,1H3. The molecule has 0 aromatic carbocycles. The summed E-state index contributed by atoms with van der Waals surface area (Å²) in [5.74, 6) is -0.389. The minimum atomic E-state index is -4.37. The maximum Gasteiger partial charge on any atom is 0.449 e. The summed E-state index contributed by atoms with van der Waals surface area (Å²) < 4.78 is 39.2. The molecule has 0 saturated carbocycles. The van der Waals surface area contributed by atoms with Gasteiger partial charge in [0.15, 0.2) is 0 Å². The van der Waals surface area contributed by atoms with Crippen molar-refractivity contribution in [1.82, 2.24) is 9.55 Å². The monoisotopic (exact) mass is 247 g/mol. The third-order valence-electron chi connectivity index (χ3n) is 3.40. The van der Waals surface area contributed by atoms with Gasteiger partial charge in [-0.15, -0.1) is 0 Å². The van der Waals surface area contributed by atoms with E-state index < -0.39 is 12.0 Å². The zero-order valence-electron chi connectivity index (χ0n) is 9.72. The highest BCUT2D eigenvalue weighted by molar-refractivity contribution is 5.22. The van der Waals surface area contributed by atoms with Crippen molar-refractivity contribution in [2.75, 3.05) is 6.54 Å². The van der Waals surface area contributed by atoms with Gasteiger partial charge in [-0.1, -0.05) is 0 Å². The molecule has 0 saturated heterocycles. The first-order chi connectivity index (χ1) is 7.93. The highest BCUT2D eigenvalue weighted by Gasteiger charge is 2.38. The zero-order chi connectivity index (χ0) is 12.6. The van der Waals surface area contributed by atoms with E-state index in [1.165, 1.54) is 11.6 Å². The van der Waals surface area contributed by atoms with Crippen LogP contribution in [0.5, 0.6) is 0 Å². The van der Waals surface area contributed by atoms with Crippen LogP contribution in [-0.2, 0) is 26.1 Å². The van der Waals surface area contributed by atoms with Crippen LogP contribution in [0, 0.1) is 5.92 Å². The van der Waals surface area contributed by atoms with Crippen LogP contribution in [0.15, 0.2) is 0 Å². The number of halogens is 3. The number of fused-ring (bicyclic) bond motifs is 1. The van der Waals surface area contributed by atoms with E-state index in [0.717, 1.165) is 18.5 Å². The third-order valence-corrected chi connectivity index (χ3v) is 3.40. The first-order valence-electron chi connectivity index (χ1n) is 5.75. The Kier molecular flexibility index (Phi) is 3.16. The highest BCUT2D eigenvalue weighted by atomic mass is 19.4. The van der Waals surface area contributed by atoms with Gasteiger partial charge in [-0.3, -0.25) is 0 Å². The Morgan fingerprint density at radius 1 is 1.47 bits per heavy atom. The number of hydrogen-bond donors (Lipinski definition) is 1. The Hall–Kier alpha value is -1.04. The summed E-state index contributed by atoms with van der Waals surface area (Å²) in [5.41, 5.74) is 6.82. The Morgan fingerprint density at radius 2 is 2.18 bits per heavy atom. The maximum absolute atomic E-state index is 12.7. The Labute approximate surface area is 97.8 Å². The molecule has 1 unspecified atom stereocenters. The van der Waals surface area contributed by atoms with Crippen LogP contribution in [0.2, 0.25) is 0 Å². The van der Waals surface area contributed by atoms with Gasteiger partial charge in [-0.2, -0.15) is 13.2 Å². The zero-order valence-corrected chi connectivity index (χ0v) is 9.72. The average molecular weight is 247 g/mol.